The fourth-order valence-corrected chi connectivity index (χ4v) is 3.98. The molecule has 1 aliphatic carbocycles. The van der Waals surface area contributed by atoms with E-state index in [-0.39, 0.29) is 15.6 Å². The summed E-state index contributed by atoms with van der Waals surface area (Å²) in [6, 6.07) is 9.97. The van der Waals surface area contributed by atoms with Crippen molar-refractivity contribution in [2.45, 2.75) is 13.8 Å². The van der Waals surface area contributed by atoms with Gasteiger partial charge in [0, 0.05) is 44.9 Å². The summed E-state index contributed by atoms with van der Waals surface area (Å²) in [5.41, 5.74) is 10.0. The van der Waals surface area contributed by atoms with E-state index in [0.717, 1.165) is 11.1 Å². The Morgan fingerprint density at radius 1 is 1.03 bits per heavy atom. The lowest BCUT2D eigenvalue weighted by Gasteiger charge is -2.19. The number of fused-ring (bicyclic) bond motifs is 2. The number of nitrogen functional groups attached to an aromatic ring is 1. The molecular weight excluding hydrogens is 411 g/mol. The van der Waals surface area contributed by atoms with Crippen LogP contribution in [0.15, 0.2) is 40.8 Å². The maximum absolute atomic E-state index is 12.1. The molecule has 5 nitrogen and oxygen atoms in total. The smallest absolute Gasteiger partial charge is 0.337 e. The summed E-state index contributed by atoms with van der Waals surface area (Å²) in [6.07, 6.45) is 0. The molecule has 2 aromatic rings. The van der Waals surface area contributed by atoms with Crippen LogP contribution in [0.2, 0.25) is 10.0 Å². The second-order valence-electron chi connectivity index (χ2n) is 6.93. The fourth-order valence-electron chi connectivity index (χ4n) is 3.49. The Balaban J connectivity index is 2.32. The lowest BCUT2D eigenvalue weighted by atomic mass is 9.89. The van der Waals surface area contributed by atoms with Gasteiger partial charge in [-0.3, -0.25) is 0 Å². The maximum atomic E-state index is 12.1. The van der Waals surface area contributed by atoms with E-state index in [4.69, 9.17) is 38.8 Å². The first-order chi connectivity index (χ1) is 13.7. The van der Waals surface area contributed by atoms with Crippen molar-refractivity contribution in [2.75, 3.05) is 5.73 Å². The van der Waals surface area contributed by atoms with Crippen LogP contribution in [0.25, 0.3) is 33.4 Å². The lowest BCUT2D eigenvalue weighted by Crippen LogP contribution is -2.08. The number of aromatic carboxylic acids is 1. The minimum absolute atomic E-state index is 0.0833. The van der Waals surface area contributed by atoms with E-state index >= 15 is 0 Å². The van der Waals surface area contributed by atoms with Crippen molar-refractivity contribution >= 4 is 45.8 Å². The van der Waals surface area contributed by atoms with Gasteiger partial charge in [-0.05, 0) is 49.2 Å². The van der Waals surface area contributed by atoms with Gasteiger partial charge in [-0.1, -0.05) is 23.2 Å². The molecule has 7 heteroatoms. The number of carboxylic acids is 1. The normalized spacial score (nSPS) is 11.3. The molecule has 2 aliphatic rings. The highest BCUT2D eigenvalue weighted by Crippen LogP contribution is 2.46. The molecule has 0 saturated carbocycles. The Hall–Kier alpha value is -3.02. The summed E-state index contributed by atoms with van der Waals surface area (Å²) < 4.78 is 6.03. The zero-order valence-electron chi connectivity index (χ0n) is 15.6. The second kappa shape index (κ2) is 6.79. The SMILES string of the molecule is Cc1cc2c(-c3c(Cl)ccc(Cl)c3C(=O)O)c3cc(C)c(=N)cc-3oc2cc1N. The summed E-state index contributed by atoms with van der Waals surface area (Å²) >= 11 is 12.8. The van der Waals surface area contributed by atoms with Gasteiger partial charge in [0.05, 0.1) is 15.9 Å². The van der Waals surface area contributed by atoms with Crippen molar-refractivity contribution in [3.05, 3.63) is 68.5 Å². The van der Waals surface area contributed by atoms with Crippen LogP contribution >= 0.6 is 23.2 Å². The number of benzene rings is 3. The van der Waals surface area contributed by atoms with Crippen LogP contribution in [0, 0.1) is 19.3 Å². The standard InChI is InChI=1S/C22H16Cl2N2O3/c1-9-5-11-17(7-15(9)25)29-18-8-16(26)10(2)6-12(18)19(11)20-13(23)3-4-14(24)21(20)22(27)28/h3-8,25H,26H2,1-2H3,(H,27,28). The van der Waals surface area contributed by atoms with Gasteiger partial charge in [-0.25, -0.2) is 4.79 Å². The number of rotatable bonds is 2. The molecule has 0 aromatic heterocycles. The number of halogens is 2. The molecule has 4 N–H and O–H groups in total. The summed E-state index contributed by atoms with van der Waals surface area (Å²) in [5, 5.41) is 19.3. The Kier molecular flexibility index (Phi) is 4.52. The van der Waals surface area contributed by atoms with Gasteiger partial charge in [0.15, 0.2) is 0 Å². The second-order valence-corrected chi connectivity index (χ2v) is 7.74. The highest BCUT2D eigenvalue weighted by molar-refractivity contribution is 6.39. The number of hydrogen-bond donors (Lipinski definition) is 3. The summed E-state index contributed by atoms with van der Waals surface area (Å²) in [7, 11) is 0. The van der Waals surface area contributed by atoms with E-state index in [1.54, 1.807) is 24.3 Å². The minimum atomic E-state index is -1.18. The molecule has 0 unspecified atom stereocenters. The van der Waals surface area contributed by atoms with Crippen LogP contribution in [-0.4, -0.2) is 11.1 Å². The molecule has 0 amide bonds. The third-order valence-corrected chi connectivity index (χ3v) is 5.65. The van der Waals surface area contributed by atoms with E-state index in [9.17, 15) is 9.90 Å². The predicted molar refractivity (Wildman–Crippen MR) is 115 cm³/mol. The molecule has 1 heterocycles. The molecule has 0 fully saturated rings. The molecule has 1 aliphatic heterocycles. The van der Waals surface area contributed by atoms with E-state index in [1.165, 1.54) is 6.07 Å². The first-order valence-corrected chi connectivity index (χ1v) is 9.48. The molecule has 4 rings (SSSR count). The van der Waals surface area contributed by atoms with Gasteiger partial charge in [0.1, 0.15) is 11.3 Å². The molecule has 0 spiro atoms. The van der Waals surface area contributed by atoms with Gasteiger partial charge in [-0.2, -0.15) is 0 Å². The lowest BCUT2D eigenvalue weighted by molar-refractivity contribution is 0.0698. The molecule has 0 saturated heterocycles. The van der Waals surface area contributed by atoms with Crippen LogP contribution in [0.5, 0.6) is 0 Å². The molecule has 0 atom stereocenters. The van der Waals surface area contributed by atoms with Crippen molar-refractivity contribution in [3.8, 4) is 22.5 Å². The number of anilines is 1. The van der Waals surface area contributed by atoms with E-state index < -0.39 is 5.97 Å². The zero-order chi connectivity index (χ0) is 21.0. The number of nitrogens with one attached hydrogen (secondary N) is 1. The molecule has 0 bridgehead atoms. The van der Waals surface area contributed by atoms with Gasteiger partial charge < -0.3 is 20.7 Å². The number of aryl methyl sites for hydroxylation is 2. The number of carbonyl (C=O) groups is 1. The third-order valence-electron chi connectivity index (χ3n) is 5.02. The van der Waals surface area contributed by atoms with Crippen molar-refractivity contribution in [2.24, 2.45) is 0 Å². The first-order valence-electron chi connectivity index (χ1n) is 8.72. The van der Waals surface area contributed by atoms with Gasteiger partial charge in [-0.15, -0.1) is 0 Å². The van der Waals surface area contributed by atoms with E-state index in [1.807, 2.05) is 19.9 Å². The highest BCUT2D eigenvalue weighted by Gasteiger charge is 2.26. The summed E-state index contributed by atoms with van der Waals surface area (Å²) in [5.74, 6) is -0.755. The monoisotopic (exact) mass is 426 g/mol. The van der Waals surface area contributed by atoms with Crippen LogP contribution in [0.1, 0.15) is 21.5 Å². The van der Waals surface area contributed by atoms with Gasteiger partial charge in [0.2, 0.25) is 0 Å². The van der Waals surface area contributed by atoms with Crippen LogP contribution in [0.4, 0.5) is 5.69 Å². The van der Waals surface area contributed by atoms with Crippen LogP contribution in [-0.2, 0) is 0 Å². The Bertz CT molecular complexity index is 1360. The van der Waals surface area contributed by atoms with Crippen molar-refractivity contribution in [3.63, 3.8) is 0 Å². The Labute approximate surface area is 176 Å². The number of carboxylic acid groups (broad SMARTS) is 1. The first kappa shape index (κ1) is 19.3. The number of hydrogen-bond acceptors (Lipinski definition) is 4. The maximum Gasteiger partial charge on any atom is 0.337 e. The van der Waals surface area contributed by atoms with Crippen LogP contribution < -0.4 is 11.1 Å². The largest absolute Gasteiger partial charge is 0.478 e. The van der Waals surface area contributed by atoms with Gasteiger partial charge >= 0.3 is 5.97 Å². The van der Waals surface area contributed by atoms with Crippen molar-refractivity contribution in [1.82, 2.24) is 0 Å². The number of nitrogens with two attached hydrogens (primary N) is 1. The van der Waals surface area contributed by atoms with Gasteiger partial charge in [0.25, 0.3) is 0 Å². The Morgan fingerprint density at radius 2 is 1.72 bits per heavy atom. The van der Waals surface area contributed by atoms with E-state index in [2.05, 4.69) is 0 Å². The summed E-state index contributed by atoms with van der Waals surface area (Å²) in [6.45, 7) is 3.67. The van der Waals surface area contributed by atoms with E-state index in [0.29, 0.717) is 44.5 Å². The molecular formula is C22H16Cl2N2O3. The van der Waals surface area contributed by atoms with Crippen molar-refractivity contribution < 1.29 is 14.3 Å². The minimum Gasteiger partial charge on any atom is -0.478 e. The molecule has 2 aromatic carbocycles. The molecule has 29 heavy (non-hydrogen) atoms. The molecule has 0 radical (unpaired) electrons. The topological polar surface area (TPSA) is 100 Å². The predicted octanol–water partition coefficient (Wildman–Crippen LogP) is 5.89. The quantitative estimate of drug-likeness (QED) is 0.274. The molecule has 146 valence electrons. The van der Waals surface area contributed by atoms with Crippen LogP contribution in [0.3, 0.4) is 0 Å². The highest BCUT2D eigenvalue weighted by atomic mass is 35.5. The average Bonchev–Trinajstić information content (AvgIpc) is 2.64. The zero-order valence-corrected chi connectivity index (χ0v) is 17.1. The fraction of sp³-hybridized carbons (Fsp3) is 0.0909. The third kappa shape index (κ3) is 3.03. The average molecular weight is 427 g/mol. The Morgan fingerprint density at radius 3 is 2.41 bits per heavy atom. The summed E-state index contributed by atoms with van der Waals surface area (Å²) in [4.78, 5) is 12.1. The van der Waals surface area contributed by atoms with Crippen molar-refractivity contribution in [1.29, 1.82) is 5.41 Å².